The molecule has 0 saturated carbocycles. The fourth-order valence-corrected chi connectivity index (χ4v) is 3.36. The summed E-state index contributed by atoms with van der Waals surface area (Å²) in [6.45, 7) is 2.65. The number of aromatic nitrogens is 2. The Bertz CT molecular complexity index is 938. The lowest BCUT2D eigenvalue weighted by molar-refractivity contribution is -0.130. The largest absolute Gasteiger partial charge is 0.339 e. The van der Waals surface area contributed by atoms with Gasteiger partial charge in [0.05, 0.1) is 6.42 Å². The normalized spacial score (nSPS) is 14.2. The summed E-state index contributed by atoms with van der Waals surface area (Å²) < 4.78 is 13.9. The Labute approximate surface area is 163 Å². The van der Waals surface area contributed by atoms with Gasteiger partial charge in [0.2, 0.25) is 11.9 Å². The number of anilines is 1. The second-order valence-electron chi connectivity index (χ2n) is 6.78. The SMILES string of the molecule is O=C(Cc1ccccc1)N1CCN(c2ncc(-c3ccccc3F)cn2)CC1. The number of carbonyl (C=O) groups excluding carboxylic acids is 1. The maximum Gasteiger partial charge on any atom is 0.227 e. The molecule has 0 unspecified atom stereocenters. The van der Waals surface area contributed by atoms with Gasteiger partial charge in [0, 0.05) is 49.7 Å². The van der Waals surface area contributed by atoms with Crippen LogP contribution in [0.25, 0.3) is 11.1 Å². The molecule has 28 heavy (non-hydrogen) atoms. The standard InChI is InChI=1S/C22H21FN4O/c23-20-9-5-4-8-19(20)18-15-24-22(25-16-18)27-12-10-26(11-13-27)21(28)14-17-6-2-1-3-7-17/h1-9,15-16H,10-14H2. The molecule has 0 atom stereocenters. The molecule has 2 aromatic carbocycles. The fourth-order valence-electron chi connectivity index (χ4n) is 3.36. The van der Waals surface area contributed by atoms with Gasteiger partial charge >= 0.3 is 0 Å². The van der Waals surface area contributed by atoms with Crippen molar-refractivity contribution in [2.75, 3.05) is 31.1 Å². The first-order valence-electron chi connectivity index (χ1n) is 9.34. The quantitative estimate of drug-likeness (QED) is 0.702. The predicted octanol–water partition coefficient (Wildman–Crippen LogP) is 3.17. The van der Waals surface area contributed by atoms with Crippen LogP contribution in [0.5, 0.6) is 0 Å². The third-order valence-corrected chi connectivity index (χ3v) is 4.94. The lowest BCUT2D eigenvalue weighted by atomic mass is 10.1. The number of piperazine rings is 1. The Morgan fingerprint density at radius 3 is 2.21 bits per heavy atom. The van der Waals surface area contributed by atoms with E-state index in [2.05, 4.69) is 14.9 Å². The molecule has 0 N–H and O–H groups in total. The number of rotatable bonds is 4. The Balaban J connectivity index is 1.36. The van der Waals surface area contributed by atoms with Crippen LogP contribution in [0.2, 0.25) is 0 Å². The van der Waals surface area contributed by atoms with E-state index in [-0.39, 0.29) is 11.7 Å². The molecular formula is C22H21FN4O. The zero-order valence-corrected chi connectivity index (χ0v) is 15.5. The van der Waals surface area contributed by atoms with Gasteiger partial charge < -0.3 is 9.80 Å². The van der Waals surface area contributed by atoms with Crippen molar-refractivity contribution in [2.45, 2.75) is 6.42 Å². The number of carbonyl (C=O) groups is 1. The molecule has 2 heterocycles. The summed E-state index contributed by atoms with van der Waals surface area (Å²) in [6, 6.07) is 16.4. The van der Waals surface area contributed by atoms with Crippen molar-refractivity contribution in [3.8, 4) is 11.1 Å². The highest BCUT2D eigenvalue weighted by Crippen LogP contribution is 2.22. The number of hydrogen-bond donors (Lipinski definition) is 0. The van der Waals surface area contributed by atoms with Gasteiger partial charge in [-0.05, 0) is 11.6 Å². The van der Waals surface area contributed by atoms with E-state index in [1.807, 2.05) is 35.2 Å². The molecule has 1 saturated heterocycles. The van der Waals surface area contributed by atoms with E-state index in [0.29, 0.717) is 49.7 Å². The average Bonchev–Trinajstić information content (AvgIpc) is 2.75. The van der Waals surface area contributed by atoms with Crippen molar-refractivity contribution < 1.29 is 9.18 Å². The first-order chi connectivity index (χ1) is 13.7. The lowest BCUT2D eigenvalue weighted by Gasteiger charge is -2.34. The number of hydrogen-bond acceptors (Lipinski definition) is 4. The van der Waals surface area contributed by atoms with Crippen LogP contribution in [0, 0.1) is 5.82 Å². The Morgan fingerprint density at radius 1 is 0.893 bits per heavy atom. The molecule has 0 radical (unpaired) electrons. The monoisotopic (exact) mass is 376 g/mol. The summed E-state index contributed by atoms with van der Waals surface area (Å²) in [4.78, 5) is 25.2. The first-order valence-corrected chi connectivity index (χ1v) is 9.34. The number of amides is 1. The number of nitrogens with zero attached hydrogens (tertiary/aromatic N) is 4. The Hall–Kier alpha value is -3.28. The van der Waals surface area contributed by atoms with Crippen LogP contribution in [0.1, 0.15) is 5.56 Å². The van der Waals surface area contributed by atoms with Gasteiger partial charge in [-0.3, -0.25) is 4.79 Å². The van der Waals surface area contributed by atoms with Crippen molar-refractivity contribution in [3.05, 3.63) is 78.4 Å². The minimum atomic E-state index is -0.288. The first kappa shape index (κ1) is 18.1. The van der Waals surface area contributed by atoms with E-state index < -0.39 is 0 Å². The lowest BCUT2D eigenvalue weighted by Crippen LogP contribution is -2.49. The molecule has 6 heteroatoms. The van der Waals surface area contributed by atoms with Crippen LogP contribution in [0.3, 0.4) is 0 Å². The molecule has 1 fully saturated rings. The van der Waals surface area contributed by atoms with E-state index in [1.54, 1.807) is 30.6 Å². The van der Waals surface area contributed by atoms with Crippen LogP contribution >= 0.6 is 0 Å². The second kappa shape index (κ2) is 8.17. The maximum atomic E-state index is 13.9. The molecule has 1 amide bonds. The zero-order valence-electron chi connectivity index (χ0n) is 15.5. The van der Waals surface area contributed by atoms with Crippen molar-refractivity contribution in [3.63, 3.8) is 0 Å². The van der Waals surface area contributed by atoms with Gasteiger partial charge in [-0.2, -0.15) is 0 Å². The molecule has 0 bridgehead atoms. The highest BCUT2D eigenvalue weighted by atomic mass is 19.1. The molecule has 4 rings (SSSR count). The molecule has 0 aliphatic carbocycles. The summed E-state index contributed by atoms with van der Waals surface area (Å²) in [5, 5.41) is 0. The summed E-state index contributed by atoms with van der Waals surface area (Å²) >= 11 is 0. The fraction of sp³-hybridized carbons (Fsp3) is 0.227. The smallest absolute Gasteiger partial charge is 0.227 e. The van der Waals surface area contributed by atoms with E-state index in [4.69, 9.17) is 0 Å². The topological polar surface area (TPSA) is 49.3 Å². The number of halogens is 1. The van der Waals surface area contributed by atoms with Crippen LogP contribution in [0.4, 0.5) is 10.3 Å². The van der Waals surface area contributed by atoms with Gasteiger partial charge in [-0.1, -0.05) is 48.5 Å². The molecule has 1 aliphatic rings. The summed E-state index contributed by atoms with van der Waals surface area (Å²) in [5.41, 5.74) is 2.17. The van der Waals surface area contributed by atoms with E-state index in [0.717, 1.165) is 5.56 Å². The van der Waals surface area contributed by atoms with Crippen molar-refractivity contribution in [1.82, 2.24) is 14.9 Å². The number of benzene rings is 2. The summed E-state index contributed by atoms with van der Waals surface area (Å²) in [7, 11) is 0. The van der Waals surface area contributed by atoms with Crippen molar-refractivity contribution in [1.29, 1.82) is 0 Å². The minimum Gasteiger partial charge on any atom is -0.339 e. The van der Waals surface area contributed by atoms with Crippen molar-refractivity contribution in [2.24, 2.45) is 0 Å². The van der Waals surface area contributed by atoms with E-state index in [9.17, 15) is 9.18 Å². The molecule has 1 aliphatic heterocycles. The molecule has 0 spiro atoms. The maximum absolute atomic E-state index is 13.9. The molecule has 142 valence electrons. The van der Waals surface area contributed by atoms with Gasteiger partial charge in [0.25, 0.3) is 0 Å². The highest BCUT2D eigenvalue weighted by molar-refractivity contribution is 5.79. The Morgan fingerprint density at radius 2 is 1.54 bits per heavy atom. The van der Waals surface area contributed by atoms with Gasteiger partial charge in [-0.15, -0.1) is 0 Å². The van der Waals surface area contributed by atoms with E-state index in [1.165, 1.54) is 6.07 Å². The minimum absolute atomic E-state index is 0.140. The zero-order chi connectivity index (χ0) is 19.3. The second-order valence-corrected chi connectivity index (χ2v) is 6.78. The molecule has 1 aromatic heterocycles. The van der Waals surface area contributed by atoms with Crippen LogP contribution in [-0.2, 0) is 11.2 Å². The third kappa shape index (κ3) is 4.01. The van der Waals surface area contributed by atoms with E-state index >= 15 is 0 Å². The molecule has 3 aromatic rings. The average molecular weight is 376 g/mol. The third-order valence-electron chi connectivity index (χ3n) is 4.94. The summed E-state index contributed by atoms with van der Waals surface area (Å²) in [5.74, 6) is 0.460. The summed E-state index contributed by atoms with van der Waals surface area (Å²) in [6.07, 6.45) is 3.72. The molecule has 5 nitrogen and oxygen atoms in total. The van der Waals surface area contributed by atoms with Crippen LogP contribution in [-0.4, -0.2) is 47.0 Å². The van der Waals surface area contributed by atoms with Crippen LogP contribution < -0.4 is 4.90 Å². The van der Waals surface area contributed by atoms with Crippen LogP contribution in [0.15, 0.2) is 67.0 Å². The Kier molecular flexibility index (Phi) is 5.28. The highest BCUT2D eigenvalue weighted by Gasteiger charge is 2.22. The van der Waals surface area contributed by atoms with Gasteiger partial charge in [-0.25, -0.2) is 14.4 Å². The molecular weight excluding hydrogens is 355 g/mol. The van der Waals surface area contributed by atoms with Gasteiger partial charge in [0.1, 0.15) is 5.82 Å². The van der Waals surface area contributed by atoms with Crippen molar-refractivity contribution >= 4 is 11.9 Å². The predicted molar refractivity (Wildman–Crippen MR) is 106 cm³/mol. The van der Waals surface area contributed by atoms with Gasteiger partial charge in [0.15, 0.2) is 0 Å².